The summed E-state index contributed by atoms with van der Waals surface area (Å²) in [6.07, 6.45) is 3.71. The highest BCUT2D eigenvalue weighted by atomic mass is 35.5. The van der Waals surface area contributed by atoms with Gasteiger partial charge in [-0.05, 0) is 5.41 Å². The Morgan fingerprint density at radius 2 is 2.54 bits per heavy atom. The van der Waals surface area contributed by atoms with Crippen LogP contribution in [-0.2, 0) is 4.79 Å². The van der Waals surface area contributed by atoms with Crippen molar-refractivity contribution in [3.8, 4) is 5.40 Å². The van der Waals surface area contributed by atoms with Gasteiger partial charge in [-0.2, -0.15) is 5.26 Å². The standard InChI is InChI=1S/C8H9ClN2OS/c9-4-8(12)11-5-7-2-1-3-13(7)6-10/h1-3,13H,4-5H2,(H,11,12). The Hall–Kier alpha value is -0.920. The van der Waals surface area contributed by atoms with Crippen molar-refractivity contribution in [2.75, 3.05) is 12.4 Å². The summed E-state index contributed by atoms with van der Waals surface area (Å²) in [4.78, 5) is 11.8. The minimum Gasteiger partial charge on any atom is -0.350 e. The molecule has 1 N–H and O–H groups in total. The van der Waals surface area contributed by atoms with E-state index < -0.39 is 10.9 Å². The largest absolute Gasteiger partial charge is 0.350 e. The molecule has 1 aliphatic heterocycles. The van der Waals surface area contributed by atoms with E-state index in [2.05, 4.69) is 10.7 Å². The molecule has 1 amide bonds. The van der Waals surface area contributed by atoms with E-state index in [-0.39, 0.29) is 11.8 Å². The molecule has 0 aromatic heterocycles. The van der Waals surface area contributed by atoms with Crippen molar-refractivity contribution < 1.29 is 4.79 Å². The number of hydrogen-bond acceptors (Lipinski definition) is 2. The number of carbonyl (C=O) groups is 1. The van der Waals surface area contributed by atoms with Gasteiger partial charge in [0.15, 0.2) is 0 Å². The van der Waals surface area contributed by atoms with E-state index in [4.69, 9.17) is 16.9 Å². The Morgan fingerprint density at radius 1 is 1.77 bits per heavy atom. The van der Waals surface area contributed by atoms with Gasteiger partial charge in [-0.3, -0.25) is 4.79 Å². The minimum atomic E-state index is -0.814. The summed E-state index contributed by atoms with van der Waals surface area (Å²) in [5.74, 6) is -0.243. The highest BCUT2D eigenvalue weighted by Crippen LogP contribution is 2.38. The van der Waals surface area contributed by atoms with Crippen molar-refractivity contribution in [3.05, 3.63) is 22.5 Å². The van der Waals surface area contributed by atoms with Gasteiger partial charge in [0.05, 0.1) is 0 Å². The fourth-order valence-electron chi connectivity index (χ4n) is 0.894. The Morgan fingerprint density at radius 3 is 3.15 bits per heavy atom. The molecule has 0 radical (unpaired) electrons. The molecular weight excluding hydrogens is 208 g/mol. The lowest BCUT2D eigenvalue weighted by Crippen LogP contribution is -2.26. The summed E-state index contributed by atoms with van der Waals surface area (Å²) >= 11 is 5.30. The molecule has 1 atom stereocenters. The molecular formula is C8H9ClN2OS. The molecule has 0 spiro atoms. The Labute approximate surface area is 84.4 Å². The van der Waals surface area contributed by atoms with Crippen molar-refractivity contribution in [1.29, 1.82) is 5.26 Å². The third kappa shape index (κ3) is 2.79. The second-order valence-electron chi connectivity index (χ2n) is 2.38. The molecule has 1 heterocycles. The number of nitrogens with zero attached hydrogens (tertiary/aromatic N) is 1. The number of alkyl halides is 1. The van der Waals surface area contributed by atoms with Gasteiger partial charge >= 0.3 is 0 Å². The highest BCUT2D eigenvalue weighted by molar-refractivity contribution is 8.27. The molecule has 1 aliphatic rings. The van der Waals surface area contributed by atoms with Crippen molar-refractivity contribution in [3.63, 3.8) is 0 Å². The summed E-state index contributed by atoms with van der Waals surface area (Å²) in [6.45, 7) is 0.428. The zero-order valence-electron chi connectivity index (χ0n) is 6.83. The molecule has 13 heavy (non-hydrogen) atoms. The number of thiocyanates is 1. The van der Waals surface area contributed by atoms with E-state index in [0.717, 1.165) is 4.91 Å². The maximum Gasteiger partial charge on any atom is 0.235 e. The molecule has 70 valence electrons. The van der Waals surface area contributed by atoms with Crippen LogP contribution in [0.4, 0.5) is 0 Å². The Kier molecular flexibility index (Phi) is 3.87. The lowest BCUT2D eigenvalue weighted by atomic mass is 10.4. The van der Waals surface area contributed by atoms with Crippen LogP contribution in [0, 0.1) is 10.7 Å². The zero-order chi connectivity index (χ0) is 9.68. The fraction of sp³-hybridized carbons (Fsp3) is 0.250. The predicted octanol–water partition coefficient (Wildman–Crippen LogP) is 1.23. The smallest absolute Gasteiger partial charge is 0.235 e. The monoisotopic (exact) mass is 216 g/mol. The first-order valence-electron chi connectivity index (χ1n) is 3.67. The van der Waals surface area contributed by atoms with Crippen LogP contribution in [-0.4, -0.2) is 18.3 Å². The van der Waals surface area contributed by atoms with E-state index in [9.17, 15) is 4.79 Å². The van der Waals surface area contributed by atoms with Crippen LogP contribution in [0.3, 0.4) is 0 Å². The van der Waals surface area contributed by atoms with Crippen LogP contribution in [0.1, 0.15) is 0 Å². The summed E-state index contributed by atoms with van der Waals surface area (Å²) in [5, 5.41) is 15.4. The van der Waals surface area contributed by atoms with Crippen LogP contribution in [0.15, 0.2) is 22.5 Å². The van der Waals surface area contributed by atoms with Crippen molar-refractivity contribution >= 4 is 28.4 Å². The maximum atomic E-state index is 10.8. The number of carbonyl (C=O) groups excluding carboxylic acids is 1. The number of halogens is 1. The van der Waals surface area contributed by atoms with Crippen LogP contribution in [0.25, 0.3) is 0 Å². The van der Waals surface area contributed by atoms with Gasteiger partial charge in [-0.15, -0.1) is 22.5 Å². The summed E-state index contributed by atoms with van der Waals surface area (Å²) in [7, 11) is -0.814. The zero-order valence-corrected chi connectivity index (χ0v) is 8.48. The first-order chi connectivity index (χ1) is 6.27. The molecule has 0 bridgehead atoms. The Bertz CT molecular complexity index is 306. The molecule has 0 fully saturated rings. The van der Waals surface area contributed by atoms with Crippen molar-refractivity contribution in [2.45, 2.75) is 0 Å². The first-order valence-corrected chi connectivity index (χ1v) is 5.61. The highest BCUT2D eigenvalue weighted by Gasteiger charge is 2.10. The number of amides is 1. The number of nitriles is 1. The lowest BCUT2D eigenvalue weighted by Gasteiger charge is -2.09. The molecule has 3 nitrogen and oxygen atoms in total. The summed E-state index contributed by atoms with van der Waals surface area (Å²) in [5.41, 5.74) is 0. The topological polar surface area (TPSA) is 52.9 Å². The third-order valence-corrected chi connectivity index (χ3v) is 3.38. The fourth-order valence-corrected chi connectivity index (χ4v) is 2.13. The van der Waals surface area contributed by atoms with Crippen LogP contribution >= 0.6 is 22.5 Å². The van der Waals surface area contributed by atoms with E-state index >= 15 is 0 Å². The molecule has 0 aliphatic carbocycles. The normalized spacial score (nSPS) is 22.2. The van der Waals surface area contributed by atoms with Crippen molar-refractivity contribution in [1.82, 2.24) is 5.32 Å². The molecule has 5 heteroatoms. The van der Waals surface area contributed by atoms with Gasteiger partial charge in [0.25, 0.3) is 0 Å². The van der Waals surface area contributed by atoms with Gasteiger partial charge in [0.1, 0.15) is 11.3 Å². The lowest BCUT2D eigenvalue weighted by molar-refractivity contribution is -0.118. The van der Waals surface area contributed by atoms with E-state index in [0.29, 0.717) is 6.54 Å². The summed E-state index contributed by atoms with van der Waals surface area (Å²) in [6, 6.07) is 0. The average Bonchev–Trinajstić information content (AvgIpc) is 2.61. The van der Waals surface area contributed by atoms with Gasteiger partial charge in [-0.1, -0.05) is 12.2 Å². The summed E-state index contributed by atoms with van der Waals surface area (Å²) < 4.78 is 0. The van der Waals surface area contributed by atoms with Gasteiger partial charge in [0.2, 0.25) is 5.91 Å². The van der Waals surface area contributed by atoms with Crippen LogP contribution < -0.4 is 5.32 Å². The SMILES string of the molecule is N#C[SH]1C=CC=C1CNC(=O)CCl. The molecule has 0 saturated heterocycles. The second-order valence-corrected chi connectivity index (χ2v) is 4.46. The van der Waals surface area contributed by atoms with Crippen LogP contribution in [0.5, 0.6) is 0 Å². The van der Waals surface area contributed by atoms with E-state index in [1.807, 2.05) is 17.6 Å². The van der Waals surface area contributed by atoms with Gasteiger partial charge in [0, 0.05) is 11.4 Å². The third-order valence-electron chi connectivity index (χ3n) is 1.53. The maximum absolute atomic E-state index is 10.8. The quantitative estimate of drug-likeness (QED) is 0.424. The number of hydrogen-bond donors (Lipinski definition) is 2. The molecule has 0 aromatic carbocycles. The minimum absolute atomic E-state index is 0.0365. The van der Waals surface area contributed by atoms with E-state index in [1.54, 1.807) is 0 Å². The van der Waals surface area contributed by atoms with Crippen molar-refractivity contribution in [2.24, 2.45) is 0 Å². The molecule has 0 aromatic rings. The average molecular weight is 217 g/mol. The molecule has 1 rings (SSSR count). The van der Waals surface area contributed by atoms with Gasteiger partial charge < -0.3 is 5.32 Å². The Balaban J connectivity index is 2.40. The number of allylic oxidation sites excluding steroid dienone is 2. The number of nitrogens with one attached hydrogen (secondary N) is 1. The molecule has 0 saturated carbocycles. The predicted molar refractivity (Wildman–Crippen MR) is 55.6 cm³/mol. The van der Waals surface area contributed by atoms with E-state index in [1.165, 1.54) is 0 Å². The first kappa shape index (κ1) is 10.2. The van der Waals surface area contributed by atoms with Gasteiger partial charge in [-0.25, -0.2) is 0 Å². The number of thiol groups is 1. The van der Waals surface area contributed by atoms with Crippen LogP contribution in [0.2, 0.25) is 0 Å². The second kappa shape index (κ2) is 4.95. The molecule has 1 unspecified atom stereocenters. The number of rotatable bonds is 3.